The number of primary sulfonamides is 1. The minimum absolute atomic E-state index is 0.0404. The zero-order valence-corrected chi connectivity index (χ0v) is 17.4. The third-order valence-electron chi connectivity index (χ3n) is 4.92. The lowest BCUT2D eigenvalue weighted by molar-refractivity contribution is -0.116. The minimum Gasteiger partial charge on any atom is -0.322 e. The van der Waals surface area contributed by atoms with Gasteiger partial charge < -0.3 is 9.47 Å². The van der Waals surface area contributed by atoms with E-state index in [0.29, 0.717) is 13.0 Å². The number of fused-ring (bicyclic) bond motifs is 1. The fraction of sp³-hybridized carbons (Fsp3) is 0.200. The van der Waals surface area contributed by atoms with E-state index in [9.17, 15) is 13.2 Å². The van der Waals surface area contributed by atoms with Crippen LogP contribution >= 0.6 is 11.8 Å². The Morgan fingerprint density at radius 2 is 1.97 bits per heavy atom. The van der Waals surface area contributed by atoms with Crippen LogP contribution in [0.5, 0.6) is 0 Å². The van der Waals surface area contributed by atoms with E-state index in [-0.39, 0.29) is 16.6 Å². The average Bonchev–Trinajstić information content (AvgIpc) is 3.29. The summed E-state index contributed by atoms with van der Waals surface area (Å²) in [6.45, 7) is 0.526. The first-order valence-corrected chi connectivity index (χ1v) is 11.5. The second-order valence-electron chi connectivity index (χ2n) is 6.77. The van der Waals surface area contributed by atoms with E-state index in [1.54, 1.807) is 17.0 Å². The standard InChI is InChI=1S/C20H20N4O3S2/c1-23-18(14-5-3-2-4-6-14)12-22-20(23)28-13-19(25)24-10-9-15-11-16(29(21,26)27)7-8-17(15)24/h2-8,11-12H,9-10,13H2,1H3,(H2,21,26,27). The van der Waals surface area contributed by atoms with Crippen molar-refractivity contribution in [1.29, 1.82) is 0 Å². The molecule has 1 amide bonds. The average molecular weight is 429 g/mol. The molecule has 0 saturated carbocycles. The van der Waals surface area contributed by atoms with Crippen molar-refractivity contribution < 1.29 is 13.2 Å². The van der Waals surface area contributed by atoms with Gasteiger partial charge in [0.15, 0.2) is 5.16 Å². The molecular formula is C20H20N4O3S2. The third kappa shape index (κ3) is 3.93. The second-order valence-corrected chi connectivity index (χ2v) is 9.27. The Bertz CT molecular complexity index is 1170. The minimum atomic E-state index is -3.75. The summed E-state index contributed by atoms with van der Waals surface area (Å²) in [5.41, 5.74) is 3.62. The summed E-state index contributed by atoms with van der Waals surface area (Å²) in [7, 11) is -1.82. The monoisotopic (exact) mass is 428 g/mol. The molecule has 3 aromatic rings. The number of hydrogen-bond acceptors (Lipinski definition) is 5. The first kappa shape index (κ1) is 19.7. The number of anilines is 1. The van der Waals surface area contributed by atoms with Crippen LogP contribution in [0.4, 0.5) is 5.69 Å². The van der Waals surface area contributed by atoms with E-state index in [4.69, 9.17) is 5.14 Å². The highest BCUT2D eigenvalue weighted by atomic mass is 32.2. The Morgan fingerprint density at radius 1 is 1.21 bits per heavy atom. The van der Waals surface area contributed by atoms with Crippen molar-refractivity contribution in [1.82, 2.24) is 9.55 Å². The highest BCUT2D eigenvalue weighted by molar-refractivity contribution is 7.99. The number of nitrogens with two attached hydrogens (primary N) is 1. The molecule has 29 heavy (non-hydrogen) atoms. The number of amides is 1. The van der Waals surface area contributed by atoms with Gasteiger partial charge in [-0.3, -0.25) is 4.79 Å². The van der Waals surface area contributed by atoms with Gasteiger partial charge in [-0.25, -0.2) is 18.5 Å². The van der Waals surface area contributed by atoms with Crippen LogP contribution in [-0.4, -0.2) is 36.2 Å². The number of benzene rings is 2. The molecule has 9 heteroatoms. The molecule has 0 radical (unpaired) electrons. The van der Waals surface area contributed by atoms with E-state index in [1.165, 1.54) is 17.8 Å². The smallest absolute Gasteiger partial charge is 0.238 e. The molecule has 1 aromatic heterocycles. The lowest BCUT2D eigenvalue weighted by Gasteiger charge is -2.17. The summed E-state index contributed by atoms with van der Waals surface area (Å²) in [6.07, 6.45) is 2.41. The van der Waals surface area contributed by atoms with E-state index >= 15 is 0 Å². The van der Waals surface area contributed by atoms with Crippen LogP contribution in [0.25, 0.3) is 11.3 Å². The maximum atomic E-state index is 12.8. The lowest BCUT2D eigenvalue weighted by Crippen LogP contribution is -2.30. The van der Waals surface area contributed by atoms with Gasteiger partial charge in [0, 0.05) is 19.3 Å². The zero-order chi connectivity index (χ0) is 20.6. The van der Waals surface area contributed by atoms with Gasteiger partial charge in [-0.1, -0.05) is 42.1 Å². The van der Waals surface area contributed by atoms with Crippen LogP contribution in [-0.2, 0) is 28.3 Å². The van der Waals surface area contributed by atoms with Crippen LogP contribution < -0.4 is 10.0 Å². The summed E-state index contributed by atoms with van der Waals surface area (Å²) in [4.78, 5) is 19.0. The summed E-state index contributed by atoms with van der Waals surface area (Å²) in [5.74, 6) is 0.205. The molecule has 0 bridgehead atoms. The molecule has 1 aliphatic rings. The van der Waals surface area contributed by atoms with E-state index < -0.39 is 10.0 Å². The zero-order valence-electron chi connectivity index (χ0n) is 15.8. The third-order valence-corrected chi connectivity index (χ3v) is 6.86. The normalized spacial score (nSPS) is 13.5. The summed E-state index contributed by atoms with van der Waals surface area (Å²) in [5, 5.41) is 5.96. The second kappa shape index (κ2) is 7.66. The summed E-state index contributed by atoms with van der Waals surface area (Å²) < 4.78 is 25.0. The Labute approximate surface area is 173 Å². The van der Waals surface area contributed by atoms with Crippen molar-refractivity contribution >= 4 is 33.4 Å². The van der Waals surface area contributed by atoms with Crippen molar-refractivity contribution in [2.24, 2.45) is 12.2 Å². The predicted molar refractivity (Wildman–Crippen MR) is 113 cm³/mol. The van der Waals surface area contributed by atoms with E-state index in [0.717, 1.165) is 27.7 Å². The van der Waals surface area contributed by atoms with Crippen LogP contribution in [0, 0.1) is 0 Å². The van der Waals surface area contributed by atoms with Crippen molar-refractivity contribution in [2.75, 3.05) is 17.2 Å². The van der Waals surface area contributed by atoms with Gasteiger partial charge in [-0.05, 0) is 35.7 Å². The molecule has 0 saturated heterocycles. The number of aromatic nitrogens is 2. The van der Waals surface area contributed by atoms with Crippen molar-refractivity contribution in [3.63, 3.8) is 0 Å². The predicted octanol–water partition coefficient (Wildman–Crippen LogP) is 2.42. The van der Waals surface area contributed by atoms with Crippen LogP contribution in [0.3, 0.4) is 0 Å². The van der Waals surface area contributed by atoms with Gasteiger partial charge in [-0.2, -0.15) is 0 Å². The summed E-state index contributed by atoms with van der Waals surface area (Å²) >= 11 is 1.38. The molecule has 0 unspecified atom stereocenters. The molecule has 0 fully saturated rings. The molecule has 0 aliphatic carbocycles. The van der Waals surface area contributed by atoms with Crippen molar-refractivity contribution in [3.05, 3.63) is 60.3 Å². The van der Waals surface area contributed by atoms with Crippen molar-refractivity contribution in [2.45, 2.75) is 16.5 Å². The van der Waals surface area contributed by atoms with Gasteiger partial charge >= 0.3 is 0 Å². The first-order valence-electron chi connectivity index (χ1n) is 9.00. The molecule has 0 spiro atoms. The first-order chi connectivity index (χ1) is 13.8. The highest BCUT2D eigenvalue weighted by Crippen LogP contribution is 2.31. The van der Waals surface area contributed by atoms with Gasteiger partial charge in [0.05, 0.1) is 22.5 Å². The molecule has 2 N–H and O–H groups in total. The summed E-state index contributed by atoms with van der Waals surface area (Å²) in [6, 6.07) is 14.6. The molecule has 2 aromatic carbocycles. The van der Waals surface area contributed by atoms with Gasteiger partial charge in [0.2, 0.25) is 15.9 Å². The number of carbonyl (C=O) groups is 1. The van der Waals surface area contributed by atoms with Gasteiger partial charge in [0.25, 0.3) is 0 Å². The quantitative estimate of drug-likeness (QED) is 0.630. The molecule has 1 aliphatic heterocycles. The number of carbonyl (C=O) groups excluding carboxylic acids is 1. The number of sulfonamides is 1. The SMILES string of the molecule is Cn1c(-c2ccccc2)cnc1SCC(=O)N1CCc2cc(S(N)(=O)=O)ccc21. The lowest BCUT2D eigenvalue weighted by atomic mass is 10.2. The number of thioether (sulfide) groups is 1. The van der Waals surface area contributed by atoms with Gasteiger partial charge in [0.1, 0.15) is 0 Å². The van der Waals surface area contributed by atoms with Crippen molar-refractivity contribution in [3.8, 4) is 11.3 Å². The van der Waals surface area contributed by atoms with Crippen LogP contribution in [0.1, 0.15) is 5.56 Å². The van der Waals surface area contributed by atoms with Gasteiger partial charge in [-0.15, -0.1) is 0 Å². The number of hydrogen-bond donors (Lipinski definition) is 1. The molecule has 2 heterocycles. The van der Waals surface area contributed by atoms with E-state index in [1.807, 2.05) is 48.1 Å². The molecule has 0 atom stereocenters. The fourth-order valence-corrected chi connectivity index (χ4v) is 4.81. The number of imidazole rings is 1. The molecular weight excluding hydrogens is 408 g/mol. The maximum absolute atomic E-state index is 12.8. The Hall–Kier alpha value is -2.62. The molecule has 7 nitrogen and oxygen atoms in total. The Balaban J connectivity index is 1.47. The molecule has 4 rings (SSSR count). The Morgan fingerprint density at radius 3 is 2.69 bits per heavy atom. The van der Waals surface area contributed by atoms with Crippen LogP contribution in [0.2, 0.25) is 0 Å². The number of rotatable bonds is 5. The largest absolute Gasteiger partial charge is 0.322 e. The Kier molecular flexibility index (Phi) is 5.20. The van der Waals surface area contributed by atoms with E-state index in [2.05, 4.69) is 4.98 Å². The number of nitrogens with zero attached hydrogens (tertiary/aromatic N) is 3. The fourth-order valence-electron chi connectivity index (χ4n) is 3.42. The van der Waals surface area contributed by atoms with Crippen LogP contribution in [0.15, 0.2) is 64.8 Å². The highest BCUT2D eigenvalue weighted by Gasteiger charge is 2.26. The topological polar surface area (TPSA) is 98.3 Å². The maximum Gasteiger partial charge on any atom is 0.238 e. The molecule has 150 valence electrons.